The summed E-state index contributed by atoms with van der Waals surface area (Å²) in [6.45, 7) is 10.1. The van der Waals surface area contributed by atoms with Gasteiger partial charge in [-0.3, -0.25) is 0 Å². The summed E-state index contributed by atoms with van der Waals surface area (Å²) in [5, 5.41) is 9.43. The highest BCUT2D eigenvalue weighted by Crippen LogP contribution is 2.33. The number of hydrogen-bond acceptors (Lipinski definition) is 3. The molecule has 0 amide bonds. The second-order valence-electron chi connectivity index (χ2n) is 7.71. The SMILES string of the molecule is CC(C)COc1ccc(C(=C(I)CCO)c2ccc(OCC(C)C)cc2)cc1. The lowest BCUT2D eigenvalue weighted by Gasteiger charge is -2.15. The van der Waals surface area contributed by atoms with E-state index < -0.39 is 0 Å². The van der Waals surface area contributed by atoms with Gasteiger partial charge in [0.25, 0.3) is 0 Å². The number of halogens is 1. The topological polar surface area (TPSA) is 38.7 Å². The van der Waals surface area contributed by atoms with Crippen molar-refractivity contribution in [2.24, 2.45) is 11.8 Å². The Morgan fingerprint density at radius 3 is 1.50 bits per heavy atom. The minimum atomic E-state index is 0.132. The van der Waals surface area contributed by atoms with Gasteiger partial charge in [-0.2, -0.15) is 0 Å². The molecule has 0 radical (unpaired) electrons. The van der Waals surface area contributed by atoms with Crippen LogP contribution in [0, 0.1) is 11.8 Å². The van der Waals surface area contributed by atoms with Crippen molar-refractivity contribution < 1.29 is 14.6 Å². The monoisotopic (exact) mass is 494 g/mol. The normalized spacial score (nSPS) is 11.0. The molecule has 0 saturated heterocycles. The van der Waals surface area contributed by atoms with E-state index in [4.69, 9.17) is 9.47 Å². The fraction of sp³-hybridized carbons (Fsp3) is 0.417. The van der Waals surface area contributed by atoms with Crippen LogP contribution in [-0.2, 0) is 0 Å². The smallest absolute Gasteiger partial charge is 0.119 e. The molecule has 0 bridgehead atoms. The van der Waals surface area contributed by atoms with E-state index in [0.29, 0.717) is 31.5 Å². The molecule has 0 aliphatic rings. The summed E-state index contributed by atoms with van der Waals surface area (Å²) in [6, 6.07) is 16.4. The highest BCUT2D eigenvalue weighted by Gasteiger charge is 2.11. The third kappa shape index (κ3) is 7.13. The average molecular weight is 494 g/mol. The van der Waals surface area contributed by atoms with Crippen LogP contribution < -0.4 is 9.47 Å². The summed E-state index contributed by atoms with van der Waals surface area (Å²) in [5.41, 5.74) is 3.37. The molecule has 4 heteroatoms. The van der Waals surface area contributed by atoms with E-state index in [-0.39, 0.29) is 6.61 Å². The fourth-order valence-electron chi connectivity index (χ4n) is 2.66. The molecule has 0 spiro atoms. The van der Waals surface area contributed by atoms with E-state index in [1.54, 1.807) is 0 Å². The van der Waals surface area contributed by atoms with Gasteiger partial charge in [-0.1, -0.05) is 52.0 Å². The largest absolute Gasteiger partial charge is 0.493 e. The summed E-state index contributed by atoms with van der Waals surface area (Å²) >= 11 is 2.34. The molecule has 0 atom stereocenters. The summed E-state index contributed by atoms with van der Waals surface area (Å²) in [6.07, 6.45) is 0.632. The number of hydrogen-bond donors (Lipinski definition) is 1. The molecule has 3 nitrogen and oxygen atoms in total. The Hall–Kier alpha value is -1.53. The van der Waals surface area contributed by atoms with Crippen molar-refractivity contribution in [1.29, 1.82) is 0 Å². The molecule has 2 rings (SSSR count). The Balaban J connectivity index is 2.27. The summed E-state index contributed by atoms with van der Waals surface area (Å²) in [7, 11) is 0. The van der Waals surface area contributed by atoms with Gasteiger partial charge < -0.3 is 14.6 Å². The van der Waals surface area contributed by atoms with Crippen molar-refractivity contribution in [3.8, 4) is 11.5 Å². The van der Waals surface area contributed by atoms with Gasteiger partial charge >= 0.3 is 0 Å². The maximum absolute atomic E-state index is 9.43. The Bertz CT molecular complexity index is 689. The molecule has 2 aromatic carbocycles. The quantitative estimate of drug-likeness (QED) is 0.392. The standard InChI is InChI=1S/C24H31IO3/c1-17(2)15-27-21-9-5-19(6-10-21)24(23(25)13-14-26)20-7-11-22(12-8-20)28-16-18(3)4/h5-12,17-18,26H,13-16H2,1-4H3. The predicted octanol–water partition coefficient (Wildman–Crippen LogP) is 6.33. The molecular weight excluding hydrogens is 463 g/mol. The van der Waals surface area contributed by atoms with Crippen LogP contribution in [0.3, 0.4) is 0 Å². The Kier molecular flexibility index (Phi) is 9.32. The Labute approximate surface area is 182 Å². The zero-order valence-corrected chi connectivity index (χ0v) is 19.4. The third-order valence-electron chi connectivity index (χ3n) is 4.06. The van der Waals surface area contributed by atoms with Gasteiger partial charge in [-0.15, -0.1) is 0 Å². The second-order valence-corrected chi connectivity index (χ2v) is 9.01. The van der Waals surface area contributed by atoms with E-state index in [9.17, 15) is 5.11 Å². The lowest BCUT2D eigenvalue weighted by Crippen LogP contribution is -2.04. The first-order valence-corrected chi connectivity index (χ1v) is 10.9. The van der Waals surface area contributed by atoms with Crippen molar-refractivity contribution in [1.82, 2.24) is 0 Å². The number of rotatable bonds is 10. The minimum absolute atomic E-state index is 0.132. The molecule has 2 aromatic rings. The van der Waals surface area contributed by atoms with Gasteiger partial charge in [0.1, 0.15) is 11.5 Å². The van der Waals surface area contributed by atoms with Crippen LogP contribution >= 0.6 is 22.6 Å². The van der Waals surface area contributed by atoms with Crippen LogP contribution in [0.25, 0.3) is 5.57 Å². The zero-order valence-electron chi connectivity index (χ0n) is 17.2. The van der Waals surface area contributed by atoms with E-state index >= 15 is 0 Å². The maximum atomic E-state index is 9.43. The molecule has 152 valence electrons. The first-order chi connectivity index (χ1) is 13.4. The van der Waals surface area contributed by atoms with E-state index in [1.165, 1.54) is 0 Å². The molecular formula is C24H31IO3. The Morgan fingerprint density at radius 1 is 0.786 bits per heavy atom. The zero-order chi connectivity index (χ0) is 20.5. The molecule has 0 saturated carbocycles. The first-order valence-electron chi connectivity index (χ1n) is 9.86. The van der Waals surface area contributed by atoms with Gasteiger partial charge in [0.15, 0.2) is 0 Å². The highest BCUT2D eigenvalue weighted by atomic mass is 127. The number of ether oxygens (including phenoxy) is 2. The van der Waals surface area contributed by atoms with Gasteiger partial charge in [0, 0.05) is 16.6 Å². The molecule has 0 aromatic heterocycles. The van der Waals surface area contributed by atoms with E-state index in [2.05, 4.69) is 74.6 Å². The molecule has 0 heterocycles. The van der Waals surface area contributed by atoms with Crippen LogP contribution in [0.1, 0.15) is 45.2 Å². The molecule has 0 unspecified atom stereocenters. The van der Waals surface area contributed by atoms with Crippen molar-refractivity contribution in [2.45, 2.75) is 34.1 Å². The summed E-state index contributed by atoms with van der Waals surface area (Å²) < 4.78 is 12.7. The molecule has 0 aliphatic carbocycles. The van der Waals surface area contributed by atoms with Crippen LogP contribution in [0.2, 0.25) is 0 Å². The lowest BCUT2D eigenvalue weighted by atomic mass is 9.96. The predicted molar refractivity (Wildman–Crippen MR) is 125 cm³/mol. The number of aliphatic hydroxyl groups excluding tert-OH is 1. The van der Waals surface area contributed by atoms with Crippen molar-refractivity contribution >= 4 is 28.2 Å². The molecule has 1 N–H and O–H groups in total. The summed E-state index contributed by atoms with van der Waals surface area (Å²) in [4.78, 5) is 0. The minimum Gasteiger partial charge on any atom is -0.493 e. The van der Waals surface area contributed by atoms with Crippen LogP contribution in [0.15, 0.2) is 52.1 Å². The van der Waals surface area contributed by atoms with Crippen molar-refractivity contribution in [2.75, 3.05) is 19.8 Å². The van der Waals surface area contributed by atoms with Gasteiger partial charge in [0.05, 0.1) is 13.2 Å². The van der Waals surface area contributed by atoms with Crippen molar-refractivity contribution in [3.05, 3.63) is 63.2 Å². The molecule has 0 fully saturated rings. The summed E-state index contributed by atoms with van der Waals surface area (Å²) in [5.74, 6) is 2.76. The van der Waals surface area contributed by atoms with E-state index in [1.807, 2.05) is 24.3 Å². The lowest BCUT2D eigenvalue weighted by molar-refractivity contribution is 0.271. The molecule has 28 heavy (non-hydrogen) atoms. The van der Waals surface area contributed by atoms with Gasteiger partial charge in [-0.25, -0.2) is 0 Å². The highest BCUT2D eigenvalue weighted by molar-refractivity contribution is 14.1. The van der Waals surface area contributed by atoms with Crippen LogP contribution in [-0.4, -0.2) is 24.9 Å². The van der Waals surface area contributed by atoms with E-state index in [0.717, 1.165) is 31.8 Å². The number of benzene rings is 2. The third-order valence-corrected chi connectivity index (χ3v) is 5.13. The van der Waals surface area contributed by atoms with Crippen LogP contribution in [0.4, 0.5) is 0 Å². The first kappa shape index (κ1) is 22.8. The van der Waals surface area contributed by atoms with Crippen molar-refractivity contribution in [3.63, 3.8) is 0 Å². The van der Waals surface area contributed by atoms with Gasteiger partial charge in [0.2, 0.25) is 0 Å². The average Bonchev–Trinajstić information content (AvgIpc) is 2.67. The maximum Gasteiger partial charge on any atom is 0.119 e. The Morgan fingerprint density at radius 2 is 1.18 bits per heavy atom. The van der Waals surface area contributed by atoms with Crippen LogP contribution in [0.5, 0.6) is 11.5 Å². The fourth-order valence-corrected chi connectivity index (χ4v) is 3.53. The van der Waals surface area contributed by atoms with Gasteiger partial charge in [-0.05, 0) is 75.4 Å². The second kappa shape index (κ2) is 11.5. The number of aliphatic hydroxyl groups is 1. The molecule has 0 aliphatic heterocycles.